The number of amides is 1. The standard InChI is InChI=1S/C22H25NO6/c1-4-28-20-13-17(10-11-19(20)27-3)22(26)29-14-21(25)23-18(15(2)24)12-16-8-6-5-7-9-16/h5-11,13,18H,4,12,14H2,1-3H3,(H,23,25)/t18-/m0/s1. The molecule has 0 aliphatic rings. The highest BCUT2D eigenvalue weighted by Crippen LogP contribution is 2.28. The van der Waals surface area contributed by atoms with E-state index in [9.17, 15) is 14.4 Å². The van der Waals surface area contributed by atoms with E-state index in [0.29, 0.717) is 24.5 Å². The molecule has 1 N–H and O–H groups in total. The van der Waals surface area contributed by atoms with Gasteiger partial charge in [0, 0.05) is 0 Å². The molecule has 0 aromatic heterocycles. The molecule has 0 aliphatic carbocycles. The van der Waals surface area contributed by atoms with Crippen molar-refractivity contribution in [2.45, 2.75) is 26.3 Å². The molecule has 7 nitrogen and oxygen atoms in total. The Bertz CT molecular complexity index is 850. The number of ketones is 1. The van der Waals surface area contributed by atoms with E-state index in [2.05, 4.69) is 5.32 Å². The van der Waals surface area contributed by atoms with Gasteiger partial charge in [0.25, 0.3) is 5.91 Å². The average molecular weight is 399 g/mol. The highest BCUT2D eigenvalue weighted by Gasteiger charge is 2.19. The van der Waals surface area contributed by atoms with E-state index in [-0.39, 0.29) is 11.3 Å². The van der Waals surface area contributed by atoms with E-state index >= 15 is 0 Å². The highest BCUT2D eigenvalue weighted by atomic mass is 16.5. The maximum atomic E-state index is 12.3. The van der Waals surface area contributed by atoms with Crippen LogP contribution in [0.15, 0.2) is 48.5 Å². The van der Waals surface area contributed by atoms with E-state index in [1.165, 1.54) is 26.2 Å². The Kier molecular flexibility index (Phi) is 8.21. The number of rotatable bonds is 10. The van der Waals surface area contributed by atoms with Crippen LogP contribution in [0.3, 0.4) is 0 Å². The summed E-state index contributed by atoms with van der Waals surface area (Å²) in [6, 6.07) is 13.3. The van der Waals surface area contributed by atoms with Gasteiger partial charge in [-0.2, -0.15) is 0 Å². The molecular formula is C22H25NO6. The Hall–Kier alpha value is -3.35. The molecule has 0 fully saturated rings. The molecule has 0 saturated heterocycles. The fourth-order valence-corrected chi connectivity index (χ4v) is 2.67. The third-order valence-corrected chi connectivity index (χ3v) is 4.14. The van der Waals surface area contributed by atoms with Gasteiger partial charge in [0.2, 0.25) is 0 Å². The topological polar surface area (TPSA) is 90.9 Å². The zero-order chi connectivity index (χ0) is 21.2. The second-order valence-corrected chi connectivity index (χ2v) is 6.30. The van der Waals surface area contributed by atoms with Gasteiger partial charge in [0.05, 0.1) is 25.3 Å². The van der Waals surface area contributed by atoms with Gasteiger partial charge in [-0.15, -0.1) is 0 Å². The molecule has 0 bridgehead atoms. The quantitative estimate of drug-likeness (QED) is 0.618. The number of nitrogens with one attached hydrogen (secondary N) is 1. The van der Waals surface area contributed by atoms with Crippen LogP contribution in [0, 0.1) is 0 Å². The fraction of sp³-hybridized carbons (Fsp3) is 0.318. The van der Waals surface area contributed by atoms with Crippen molar-refractivity contribution in [2.24, 2.45) is 0 Å². The number of ether oxygens (including phenoxy) is 3. The molecule has 0 spiro atoms. The first-order chi connectivity index (χ1) is 13.9. The van der Waals surface area contributed by atoms with Crippen LogP contribution >= 0.6 is 0 Å². The predicted molar refractivity (Wildman–Crippen MR) is 107 cm³/mol. The van der Waals surface area contributed by atoms with Crippen LogP contribution in [0.1, 0.15) is 29.8 Å². The van der Waals surface area contributed by atoms with Crippen molar-refractivity contribution in [3.05, 3.63) is 59.7 Å². The van der Waals surface area contributed by atoms with Gasteiger partial charge in [0.1, 0.15) is 0 Å². The number of carbonyl (C=O) groups is 3. The molecule has 0 saturated carbocycles. The first-order valence-corrected chi connectivity index (χ1v) is 9.26. The minimum atomic E-state index is -0.686. The molecule has 0 aliphatic heterocycles. The number of esters is 1. The van der Waals surface area contributed by atoms with Crippen LogP contribution in [0.2, 0.25) is 0 Å². The summed E-state index contributed by atoms with van der Waals surface area (Å²) in [5.41, 5.74) is 1.15. The Morgan fingerprint density at radius 1 is 1.03 bits per heavy atom. The van der Waals surface area contributed by atoms with Crippen LogP contribution in [0.4, 0.5) is 0 Å². The molecule has 2 aromatic carbocycles. The average Bonchev–Trinajstić information content (AvgIpc) is 2.72. The molecule has 29 heavy (non-hydrogen) atoms. The third-order valence-electron chi connectivity index (χ3n) is 4.14. The number of hydrogen-bond donors (Lipinski definition) is 1. The van der Waals surface area contributed by atoms with Crippen LogP contribution in [-0.2, 0) is 20.7 Å². The molecule has 0 radical (unpaired) electrons. The van der Waals surface area contributed by atoms with Crippen molar-refractivity contribution < 1.29 is 28.6 Å². The van der Waals surface area contributed by atoms with Gasteiger partial charge in [-0.25, -0.2) is 4.79 Å². The van der Waals surface area contributed by atoms with Gasteiger partial charge in [-0.1, -0.05) is 30.3 Å². The lowest BCUT2D eigenvalue weighted by atomic mass is 10.0. The monoisotopic (exact) mass is 399 g/mol. The fourth-order valence-electron chi connectivity index (χ4n) is 2.67. The Balaban J connectivity index is 1.94. The van der Waals surface area contributed by atoms with Gasteiger partial charge < -0.3 is 19.5 Å². The molecule has 1 amide bonds. The van der Waals surface area contributed by atoms with Gasteiger partial charge in [-0.3, -0.25) is 9.59 Å². The van der Waals surface area contributed by atoms with Crippen molar-refractivity contribution in [2.75, 3.05) is 20.3 Å². The van der Waals surface area contributed by atoms with Crippen LogP contribution in [-0.4, -0.2) is 44.0 Å². The van der Waals surface area contributed by atoms with Crippen molar-refractivity contribution in [1.82, 2.24) is 5.32 Å². The maximum Gasteiger partial charge on any atom is 0.338 e. The summed E-state index contributed by atoms with van der Waals surface area (Å²) in [7, 11) is 1.50. The predicted octanol–water partition coefficient (Wildman–Crippen LogP) is 2.57. The van der Waals surface area contributed by atoms with Crippen molar-refractivity contribution in [3.8, 4) is 11.5 Å². The third kappa shape index (κ3) is 6.64. The minimum Gasteiger partial charge on any atom is -0.493 e. The van der Waals surface area contributed by atoms with Crippen molar-refractivity contribution >= 4 is 17.7 Å². The Labute approximate surface area is 170 Å². The number of methoxy groups -OCH3 is 1. The summed E-state index contributed by atoms with van der Waals surface area (Å²) in [6.07, 6.45) is 0.367. The van der Waals surface area contributed by atoms with Crippen molar-refractivity contribution in [1.29, 1.82) is 0 Å². The Morgan fingerprint density at radius 2 is 1.76 bits per heavy atom. The molecule has 1 atom stereocenters. The molecule has 0 heterocycles. The highest BCUT2D eigenvalue weighted by molar-refractivity contribution is 5.93. The summed E-state index contributed by atoms with van der Waals surface area (Å²) >= 11 is 0. The molecule has 7 heteroatoms. The van der Waals surface area contributed by atoms with Gasteiger partial charge in [0.15, 0.2) is 23.9 Å². The number of hydrogen-bond acceptors (Lipinski definition) is 6. The lowest BCUT2D eigenvalue weighted by molar-refractivity contribution is -0.128. The van der Waals surface area contributed by atoms with E-state index < -0.39 is 24.5 Å². The zero-order valence-corrected chi connectivity index (χ0v) is 16.8. The number of carbonyl (C=O) groups excluding carboxylic acids is 3. The molecular weight excluding hydrogens is 374 g/mol. The van der Waals surface area contributed by atoms with E-state index in [0.717, 1.165) is 5.56 Å². The lowest BCUT2D eigenvalue weighted by Gasteiger charge is -2.16. The SMILES string of the molecule is CCOc1cc(C(=O)OCC(=O)N[C@@H](Cc2ccccc2)C(C)=O)ccc1OC. The van der Waals surface area contributed by atoms with Crippen molar-refractivity contribution in [3.63, 3.8) is 0 Å². The summed E-state index contributed by atoms with van der Waals surface area (Å²) in [6.45, 7) is 3.14. The molecule has 2 rings (SSSR count). The summed E-state index contributed by atoms with van der Waals surface area (Å²) in [4.78, 5) is 36.3. The van der Waals surface area contributed by atoms with E-state index in [4.69, 9.17) is 14.2 Å². The maximum absolute atomic E-state index is 12.3. The van der Waals surface area contributed by atoms with Crippen LogP contribution in [0.25, 0.3) is 0 Å². The normalized spacial score (nSPS) is 11.3. The lowest BCUT2D eigenvalue weighted by Crippen LogP contribution is -2.43. The van der Waals surface area contributed by atoms with Crippen LogP contribution in [0.5, 0.6) is 11.5 Å². The number of Topliss-reactive ketones (excluding diaryl/α,β-unsaturated/α-hetero) is 1. The van der Waals surface area contributed by atoms with Gasteiger partial charge in [-0.05, 0) is 44.0 Å². The first kappa shape index (κ1) is 21.9. The summed E-state index contributed by atoms with van der Waals surface area (Å²) < 4.78 is 15.7. The Morgan fingerprint density at radius 3 is 2.38 bits per heavy atom. The van der Waals surface area contributed by atoms with Crippen LogP contribution < -0.4 is 14.8 Å². The molecule has 0 unspecified atom stereocenters. The molecule has 154 valence electrons. The largest absolute Gasteiger partial charge is 0.493 e. The summed E-state index contributed by atoms with van der Waals surface area (Å²) in [5.74, 6) is -0.496. The first-order valence-electron chi connectivity index (χ1n) is 9.26. The molecule has 2 aromatic rings. The second kappa shape index (κ2) is 10.8. The summed E-state index contributed by atoms with van der Waals surface area (Å²) in [5, 5.41) is 2.61. The van der Waals surface area contributed by atoms with E-state index in [1.807, 2.05) is 37.3 Å². The second-order valence-electron chi connectivity index (χ2n) is 6.30. The zero-order valence-electron chi connectivity index (χ0n) is 16.8. The minimum absolute atomic E-state index is 0.176. The number of benzene rings is 2. The van der Waals surface area contributed by atoms with Gasteiger partial charge >= 0.3 is 5.97 Å². The van der Waals surface area contributed by atoms with E-state index in [1.54, 1.807) is 6.07 Å². The smallest absolute Gasteiger partial charge is 0.338 e.